The van der Waals surface area contributed by atoms with Crippen LogP contribution in [-0.4, -0.2) is 43.7 Å². The number of para-hydroxylation sites is 1. The SMILES string of the molecule is C=CCON1C(=O)N2CC1c1ccccc1N2C(=O)NS(=O)(=O)c1ccccc1. The molecule has 2 aliphatic heterocycles. The average molecular weight is 414 g/mol. The maximum absolute atomic E-state index is 13.0. The summed E-state index contributed by atoms with van der Waals surface area (Å²) in [4.78, 5) is 31.2. The zero-order valence-electron chi connectivity index (χ0n) is 15.3. The predicted octanol–water partition coefficient (Wildman–Crippen LogP) is 2.42. The Hall–Kier alpha value is -3.37. The molecule has 10 heteroatoms. The first-order chi connectivity index (χ1) is 13.9. The lowest BCUT2D eigenvalue weighted by Crippen LogP contribution is -2.54. The van der Waals surface area contributed by atoms with Crippen LogP contribution in [0.5, 0.6) is 0 Å². The van der Waals surface area contributed by atoms with E-state index in [1.165, 1.54) is 23.3 Å². The van der Waals surface area contributed by atoms with E-state index in [9.17, 15) is 18.0 Å². The number of sulfonamides is 1. The molecule has 0 saturated carbocycles. The van der Waals surface area contributed by atoms with Gasteiger partial charge in [0.05, 0.1) is 23.7 Å². The van der Waals surface area contributed by atoms with Crippen LogP contribution in [0.1, 0.15) is 11.6 Å². The van der Waals surface area contributed by atoms with Gasteiger partial charge in [0.25, 0.3) is 10.0 Å². The Bertz CT molecular complexity index is 1070. The summed E-state index contributed by atoms with van der Waals surface area (Å²) in [7, 11) is -4.11. The number of hydrogen-bond acceptors (Lipinski definition) is 5. The summed E-state index contributed by atoms with van der Waals surface area (Å²) in [5, 5.41) is 3.37. The topological polar surface area (TPSA) is 99.3 Å². The van der Waals surface area contributed by atoms with Crippen molar-refractivity contribution >= 4 is 27.8 Å². The zero-order chi connectivity index (χ0) is 20.6. The van der Waals surface area contributed by atoms with Crippen LogP contribution in [0.4, 0.5) is 15.3 Å². The van der Waals surface area contributed by atoms with Gasteiger partial charge in [-0.1, -0.05) is 42.5 Å². The van der Waals surface area contributed by atoms with Crippen LogP contribution in [-0.2, 0) is 14.9 Å². The first-order valence-corrected chi connectivity index (χ1v) is 10.3. The second-order valence-corrected chi connectivity index (χ2v) is 8.07. The monoisotopic (exact) mass is 414 g/mol. The van der Waals surface area contributed by atoms with E-state index >= 15 is 0 Å². The fourth-order valence-electron chi connectivity index (χ4n) is 3.36. The van der Waals surface area contributed by atoms with E-state index in [1.54, 1.807) is 42.5 Å². The Morgan fingerprint density at radius 3 is 2.59 bits per heavy atom. The largest absolute Gasteiger partial charge is 0.363 e. The van der Waals surface area contributed by atoms with Gasteiger partial charge in [-0.15, -0.1) is 6.58 Å². The van der Waals surface area contributed by atoms with Crippen molar-refractivity contribution in [2.45, 2.75) is 10.9 Å². The van der Waals surface area contributed by atoms with Gasteiger partial charge in [0.2, 0.25) is 0 Å². The van der Waals surface area contributed by atoms with E-state index in [4.69, 9.17) is 4.84 Å². The van der Waals surface area contributed by atoms with E-state index in [-0.39, 0.29) is 18.0 Å². The number of hydrazine groups is 1. The average Bonchev–Trinajstić information content (AvgIpc) is 2.99. The number of benzene rings is 2. The summed E-state index contributed by atoms with van der Waals surface area (Å²) in [6.07, 6.45) is 1.51. The van der Waals surface area contributed by atoms with Gasteiger partial charge >= 0.3 is 12.1 Å². The minimum Gasteiger partial charge on any atom is -0.265 e. The maximum Gasteiger partial charge on any atom is 0.363 e. The number of carbonyl (C=O) groups excluding carboxylic acids is 2. The molecule has 1 atom stereocenters. The molecule has 1 fully saturated rings. The lowest BCUT2D eigenvalue weighted by molar-refractivity contribution is -0.118. The Labute approximate surface area is 167 Å². The molecule has 0 radical (unpaired) electrons. The summed E-state index contributed by atoms with van der Waals surface area (Å²) in [6, 6.07) is 12.5. The van der Waals surface area contributed by atoms with E-state index in [2.05, 4.69) is 6.58 Å². The molecule has 2 aromatic rings. The summed E-state index contributed by atoms with van der Waals surface area (Å²) < 4.78 is 27.2. The lowest BCUT2D eigenvalue weighted by atomic mass is 10.0. The fraction of sp³-hybridized carbons (Fsp3) is 0.158. The highest BCUT2D eigenvalue weighted by atomic mass is 32.2. The van der Waals surface area contributed by atoms with Crippen molar-refractivity contribution in [3.63, 3.8) is 0 Å². The molecule has 4 rings (SSSR count). The summed E-state index contributed by atoms with van der Waals surface area (Å²) in [5.74, 6) is 0. The summed E-state index contributed by atoms with van der Waals surface area (Å²) >= 11 is 0. The number of nitrogens with zero attached hydrogens (tertiary/aromatic N) is 3. The van der Waals surface area contributed by atoms with Gasteiger partial charge in [0.1, 0.15) is 6.04 Å². The van der Waals surface area contributed by atoms with Crippen LogP contribution < -0.4 is 9.73 Å². The number of anilines is 1. The van der Waals surface area contributed by atoms with Crippen LogP contribution in [0.3, 0.4) is 0 Å². The van der Waals surface area contributed by atoms with Crippen LogP contribution in [0.15, 0.2) is 72.1 Å². The smallest absolute Gasteiger partial charge is 0.265 e. The molecule has 2 heterocycles. The normalized spacial score (nSPS) is 17.9. The Balaban J connectivity index is 1.68. The van der Waals surface area contributed by atoms with Crippen molar-refractivity contribution in [2.24, 2.45) is 0 Å². The standard InChI is InChI=1S/C19H18N4O5S/c1-2-12-28-23-17-13-21(19(23)25)22(16-11-7-6-10-15(16)17)18(24)20-29(26,27)14-8-4-3-5-9-14/h2-11,17H,1,12-13H2,(H,20,24). The molecular weight excluding hydrogens is 396 g/mol. The molecule has 0 aromatic heterocycles. The number of carbonyl (C=O) groups is 2. The van der Waals surface area contributed by atoms with Gasteiger partial charge < -0.3 is 0 Å². The quantitative estimate of drug-likeness (QED) is 0.758. The molecule has 29 heavy (non-hydrogen) atoms. The van der Waals surface area contributed by atoms with Gasteiger partial charge in [-0.25, -0.2) is 27.7 Å². The maximum atomic E-state index is 13.0. The summed E-state index contributed by atoms with van der Waals surface area (Å²) in [5.41, 5.74) is 1.08. The van der Waals surface area contributed by atoms with Crippen molar-refractivity contribution in [2.75, 3.05) is 18.2 Å². The predicted molar refractivity (Wildman–Crippen MR) is 104 cm³/mol. The molecule has 1 N–H and O–H groups in total. The van der Waals surface area contributed by atoms with Gasteiger partial charge in [-0.3, -0.25) is 4.84 Å². The molecule has 2 aliphatic rings. The van der Waals surface area contributed by atoms with Crippen molar-refractivity contribution in [3.8, 4) is 0 Å². The molecule has 1 saturated heterocycles. The highest BCUT2D eigenvalue weighted by molar-refractivity contribution is 7.90. The first kappa shape index (κ1) is 19.0. The molecule has 1 unspecified atom stereocenters. The summed E-state index contributed by atoms with van der Waals surface area (Å²) in [6.45, 7) is 3.83. The third kappa shape index (κ3) is 3.22. The number of nitrogens with one attached hydrogen (secondary N) is 1. The molecular formula is C19H18N4O5S. The van der Waals surface area contributed by atoms with Gasteiger partial charge in [-0.05, 0) is 18.2 Å². The molecule has 9 nitrogen and oxygen atoms in total. The number of hydroxylamine groups is 2. The van der Waals surface area contributed by atoms with Crippen molar-refractivity contribution < 1.29 is 22.8 Å². The number of fused-ring (bicyclic) bond motifs is 4. The van der Waals surface area contributed by atoms with Gasteiger partial charge in [-0.2, -0.15) is 10.1 Å². The van der Waals surface area contributed by atoms with Gasteiger partial charge in [0, 0.05) is 5.56 Å². The molecule has 2 bridgehead atoms. The number of amides is 4. The molecule has 4 amide bonds. The highest BCUT2D eigenvalue weighted by Crippen LogP contribution is 2.42. The van der Waals surface area contributed by atoms with Crippen LogP contribution in [0.25, 0.3) is 0 Å². The third-order valence-electron chi connectivity index (χ3n) is 4.60. The fourth-order valence-corrected chi connectivity index (χ4v) is 4.31. The minimum atomic E-state index is -4.11. The van der Waals surface area contributed by atoms with Gasteiger partial charge in [0.15, 0.2) is 0 Å². The molecule has 0 spiro atoms. The van der Waals surface area contributed by atoms with Crippen LogP contribution in [0.2, 0.25) is 0 Å². The Morgan fingerprint density at radius 1 is 1.17 bits per heavy atom. The van der Waals surface area contributed by atoms with E-state index < -0.39 is 28.1 Å². The van der Waals surface area contributed by atoms with Crippen molar-refractivity contribution in [1.82, 2.24) is 14.8 Å². The third-order valence-corrected chi connectivity index (χ3v) is 5.94. The highest BCUT2D eigenvalue weighted by Gasteiger charge is 2.50. The molecule has 0 aliphatic carbocycles. The van der Waals surface area contributed by atoms with Crippen molar-refractivity contribution in [1.29, 1.82) is 0 Å². The van der Waals surface area contributed by atoms with Crippen molar-refractivity contribution in [3.05, 3.63) is 72.8 Å². The van der Waals surface area contributed by atoms with E-state index in [1.807, 2.05) is 4.72 Å². The second-order valence-electron chi connectivity index (χ2n) is 6.39. The Morgan fingerprint density at radius 2 is 1.86 bits per heavy atom. The first-order valence-electron chi connectivity index (χ1n) is 8.79. The van der Waals surface area contributed by atoms with Crippen LogP contribution in [0, 0.1) is 0 Å². The number of urea groups is 2. The Kier molecular flexibility index (Phi) is 4.73. The lowest BCUT2D eigenvalue weighted by Gasteiger charge is -2.34. The van der Waals surface area contributed by atoms with E-state index in [0.29, 0.717) is 11.3 Å². The van der Waals surface area contributed by atoms with E-state index in [0.717, 1.165) is 10.0 Å². The van der Waals surface area contributed by atoms with Crippen LogP contribution >= 0.6 is 0 Å². The molecule has 2 aromatic carbocycles. The second kappa shape index (κ2) is 7.22. The zero-order valence-corrected chi connectivity index (χ0v) is 16.1. The minimum absolute atomic E-state index is 0.0554. The molecule has 150 valence electrons. The number of hydrogen-bond donors (Lipinski definition) is 1. The number of rotatable bonds is 5.